The molecule has 0 bridgehead atoms. The van der Waals surface area contributed by atoms with E-state index in [1.165, 1.54) is 6.21 Å². The number of fused-ring (bicyclic) bond motifs is 2. The lowest BCUT2D eigenvalue weighted by Crippen LogP contribution is -2.21. The van der Waals surface area contributed by atoms with Crippen molar-refractivity contribution in [3.8, 4) is 0 Å². The van der Waals surface area contributed by atoms with Crippen LogP contribution in [0.4, 0.5) is 0 Å². The molecule has 0 radical (unpaired) electrons. The molecule has 4 aromatic rings. The number of para-hydroxylation sites is 1. The molecule has 1 aromatic carbocycles. The van der Waals surface area contributed by atoms with Crippen LogP contribution in [0.3, 0.4) is 0 Å². The van der Waals surface area contributed by atoms with Crippen LogP contribution in [0.25, 0.3) is 16.6 Å². The summed E-state index contributed by atoms with van der Waals surface area (Å²) in [5.74, 6) is -0.394. The fraction of sp³-hybridized carbons (Fsp3) is 0.0526. The van der Waals surface area contributed by atoms with E-state index in [4.69, 9.17) is 0 Å². The Kier molecular flexibility index (Phi) is 3.81. The van der Waals surface area contributed by atoms with Crippen LogP contribution in [-0.2, 0) is 0 Å². The van der Waals surface area contributed by atoms with E-state index >= 15 is 0 Å². The van der Waals surface area contributed by atoms with E-state index in [0.29, 0.717) is 22.6 Å². The highest BCUT2D eigenvalue weighted by Crippen LogP contribution is 2.12. The van der Waals surface area contributed by atoms with Crippen LogP contribution < -0.4 is 11.0 Å². The van der Waals surface area contributed by atoms with Crippen LogP contribution in [0, 0.1) is 6.92 Å². The number of rotatable bonds is 3. The molecule has 0 saturated heterocycles. The lowest BCUT2D eigenvalue weighted by molar-refractivity contribution is 0.0948. The lowest BCUT2D eigenvalue weighted by atomic mass is 10.2. The molecule has 0 saturated carbocycles. The van der Waals surface area contributed by atoms with Crippen LogP contribution in [0.5, 0.6) is 0 Å². The summed E-state index contributed by atoms with van der Waals surface area (Å²) in [6.07, 6.45) is 3.10. The average molecular weight is 345 g/mol. The number of H-pyrrole nitrogens is 1. The first kappa shape index (κ1) is 15.8. The Bertz CT molecular complexity index is 1220. The van der Waals surface area contributed by atoms with Crippen molar-refractivity contribution in [2.24, 2.45) is 5.10 Å². The van der Waals surface area contributed by atoms with Gasteiger partial charge in [0.1, 0.15) is 11.3 Å². The van der Waals surface area contributed by atoms with E-state index in [1.54, 1.807) is 23.6 Å². The Morgan fingerprint density at radius 1 is 1.23 bits per heavy atom. The minimum atomic E-state index is -0.394. The van der Waals surface area contributed by atoms with Gasteiger partial charge in [-0.3, -0.25) is 14.0 Å². The predicted octanol–water partition coefficient (Wildman–Crippen LogP) is 2.25. The highest BCUT2D eigenvalue weighted by atomic mass is 16.2. The average Bonchev–Trinajstić information content (AvgIpc) is 2.97. The Hall–Kier alpha value is -3.74. The number of hydrogen-bond donors (Lipinski definition) is 2. The number of hydrazone groups is 1. The minimum absolute atomic E-state index is 0.271. The first-order valence-electron chi connectivity index (χ1n) is 8.02. The number of amides is 1. The van der Waals surface area contributed by atoms with E-state index in [0.717, 1.165) is 10.9 Å². The number of carbonyl (C=O) groups excluding carboxylic acids is 1. The van der Waals surface area contributed by atoms with Crippen LogP contribution >= 0.6 is 0 Å². The third-order valence-corrected chi connectivity index (χ3v) is 4.07. The number of benzene rings is 1. The molecule has 0 fully saturated rings. The first-order valence-corrected chi connectivity index (χ1v) is 8.02. The third kappa shape index (κ3) is 2.75. The van der Waals surface area contributed by atoms with Crippen LogP contribution in [0.2, 0.25) is 0 Å². The van der Waals surface area contributed by atoms with Gasteiger partial charge in [-0.25, -0.2) is 10.4 Å². The Labute approximate surface area is 148 Å². The summed E-state index contributed by atoms with van der Waals surface area (Å²) < 4.78 is 1.70. The van der Waals surface area contributed by atoms with Gasteiger partial charge in [-0.2, -0.15) is 5.10 Å². The molecule has 1 amide bonds. The van der Waals surface area contributed by atoms with Crippen molar-refractivity contribution in [3.63, 3.8) is 0 Å². The van der Waals surface area contributed by atoms with Gasteiger partial charge in [-0.1, -0.05) is 24.3 Å². The zero-order valence-corrected chi connectivity index (χ0v) is 13.9. The third-order valence-electron chi connectivity index (χ3n) is 4.07. The molecule has 0 aliphatic carbocycles. The van der Waals surface area contributed by atoms with Gasteiger partial charge >= 0.3 is 0 Å². The topological polar surface area (TPSA) is 91.6 Å². The van der Waals surface area contributed by atoms with Crippen molar-refractivity contribution in [1.82, 2.24) is 19.8 Å². The Balaban J connectivity index is 1.60. The van der Waals surface area contributed by atoms with Gasteiger partial charge in [-0.05, 0) is 36.6 Å². The molecule has 128 valence electrons. The summed E-state index contributed by atoms with van der Waals surface area (Å²) in [5.41, 5.74) is 5.00. The molecular formula is C19H15N5O2. The van der Waals surface area contributed by atoms with Crippen molar-refractivity contribution in [1.29, 1.82) is 0 Å². The number of aromatic nitrogens is 3. The summed E-state index contributed by atoms with van der Waals surface area (Å²) in [5, 5.41) is 4.81. The van der Waals surface area contributed by atoms with Gasteiger partial charge in [0.2, 0.25) is 0 Å². The number of carbonyl (C=O) groups is 1. The highest BCUT2D eigenvalue weighted by molar-refractivity contribution is 5.95. The van der Waals surface area contributed by atoms with E-state index in [2.05, 4.69) is 20.5 Å². The summed E-state index contributed by atoms with van der Waals surface area (Å²) >= 11 is 0. The molecule has 0 aliphatic rings. The molecule has 26 heavy (non-hydrogen) atoms. The number of nitrogens with zero attached hydrogens (tertiary/aromatic N) is 3. The van der Waals surface area contributed by atoms with Crippen molar-refractivity contribution < 1.29 is 4.79 Å². The summed E-state index contributed by atoms with van der Waals surface area (Å²) in [4.78, 5) is 31.7. The smallest absolute Gasteiger partial charge is 0.290 e. The maximum atomic E-state index is 12.5. The molecule has 7 nitrogen and oxygen atoms in total. The number of pyridine rings is 2. The van der Waals surface area contributed by atoms with Gasteiger partial charge in [-0.15, -0.1) is 0 Å². The van der Waals surface area contributed by atoms with Crippen LogP contribution in [-0.4, -0.2) is 26.5 Å². The largest absolute Gasteiger partial charge is 0.321 e. The molecule has 4 rings (SSSR count). The number of nitrogens with one attached hydrogen (secondary N) is 2. The number of hydrogen-bond acceptors (Lipinski definition) is 4. The lowest BCUT2D eigenvalue weighted by Gasteiger charge is -2.02. The monoisotopic (exact) mass is 345 g/mol. The van der Waals surface area contributed by atoms with E-state index in [1.807, 2.05) is 42.5 Å². The zero-order valence-electron chi connectivity index (χ0n) is 13.9. The Morgan fingerprint density at radius 3 is 2.92 bits per heavy atom. The summed E-state index contributed by atoms with van der Waals surface area (Å²) in [6.45, 7) is 1.76. The second kappa shape index (κ2) is 6.29. The second-order valence-electron chi connectivity index (χ2n) is 5.81. The van der Waals surface area contributed by atoms with E-state index < -0.39 is 5.91 Å². The SMILES string of the molecule is Cc1nc2ccccn2c1C(=O)N/N=C/c1cc2ccccc2[nH]c1=O. The predicted molar refractivity (Wildman–Crippen MR) is 99.6 cm³/mol. The molecule has 0 atom stereocenters. The van der Waals surface area contributed by atoms with Crippen molar-refractivity contribution in [2.45, 2.75) is 6.92 Å². The maximum Gasteiger partial charge on any atom is 0.290 e. The Morgan fingerprint density at radius 2 is 2.04 bits per heavy atom. The fourth-order valence-electron chi connectivity index (χ4n) is 2.86. The van der Waals surface area contributed by atoms with Crippen LogP contribution in [0.15, 0.2) is 64.6 Å². The minimum Gasteiger partial charge on any atom is -0.321 e. The summed E-state index contributed by atoms with van der Waals surface area (Å²) in [7, 11) is 0. The number of aryl methyl sites for hydroxylation is 1. The zero-order chi connectivity index (χ0) is 18.1. The van der Waals surface area contributed by atoms with Gasteiger partial charge in [0.05, 0.1) is 17.5 Å². The van der Waals surface area contributed by atoms with E-state index in [9.17, 15) is 9.59 Å². The maximum absolute atomic E-state index is 12.5. The molecule has 0 spiro atoms. The van der Waals surface area contributed by atoms with Crippen molar-refractivity contribution >= 4 is 28.7 Å². The van der Waals surface area contributed by atoms with Gasteiger partial charge < -0.3 is 4.98 Å². The second-order valence-corrected chi connectivity index (χ2v) is 5.81. The first-order chi connectivity index (χ1) is 12.6. The molecule has 7 heteroatoms. The standard InChI is InChI=1S/C19H15N5O2/c1-12-17(24-9-5-4-8-16(24)21-12)19(26)23-20-11-14-10-13-6-2-3-7-15(13)22-18(14)25/h2-11H,1H3,(H,22,25)(H,23,26)/b20-11+. The molecule has 0 unspecified atom stereocenters. The highest BCUT2D eigenvalue weighted by Gasteiger charge is 2.15. The molecule has 3 aromatic heterocycles. The number of imidazole rings is 1. The molecule has 0 aliphatic heterocycles. The normalized spacial score (nSPS) is 11.4. The van der Waals surface area contributed by atoms with E-state index in [-0.39, 0.29) is 5.56 Å². The van der Waals surface area contributed by atoms with Gasteiger partial charge in [0.15, 0.2) is 0 Å². The van der Waals surface area contributed by atoms with Crippen molar-refractivity contribution in [2.75, 3.05) is 0 Å². The molecule has 2 N–H and O–H groups in total. The fourth-order valence-corrected chi connectivity index (χ4v) is 2.86. The van der Waals surface area contributed by atoms with Gasteiger partial charge in [0.25, 0.3) is 11.5 Å². The molecular weight excluding hydrogens is 330 g/mol. The quantitative estimate of drug-likeness (QED) is 0.441. The van der Waals surface area contributed by atoms with Crippen molar-refractivity contribution in [3.05, 3.63) is 82.0 Å². The summed E-state index contributed by atoms with van der Waals surface area (Å²) in [6, 6.07) is 14.7. The molecule has 3 heterocycles. The van der Waals surface area contributed by atoms with Crippen LogP contribution in [0.1, 0.15) is 21.7 Å². The van der Waals surface area contributed by atoms with Gasteiger partial charge in [0, 0.05) is 11.7 Å². The number of aromatic amines is 1.